The number of pyridine rings is 1. The van der Waals surface area contributed by atoms with Crippen LogP contribution in [0.4, 0.5) is 0 Å². The van der Waals surface area contributed by atoms with Crippen LogP contribution in [0.15, 0.2) is 54.2 Å². The largest absolute Gasteiger partial charge is 0.508 e. The Morgan fingerprint density at radius 2 is 1.94 bits per heavy atom. The van der Waals surface area contributed by atoms with E-state index in [9.17, 15) is 19.8 Å². The number of aromatic hydroxyl groups is 1. The second-order valence-corrected chi connectivity index (χ2v) is 7.87. The summed E-state index contributed by atoms with van der Waals surface area (Å²) >= 11 is 0. The zero-order valence-electron chi connectivity index (χ0n) is 17.6. The van der Waals surface area contributed by atoms with Crippen molar-refractivity contribution in [2.75, 3.05) is 27.2 Å². The molecule has 31 heavy (non-hydrogen) atoms. The van der Waals surface area contributed by atoms with Gasteiger partial charge in [-0.25, -0.2) is 4.98 Å². The van der Waals surface area contributed by atoms with Crippen LogP contribution < -0.4 is 0 Å². The molecule has 1 aliphatic rings. The highest BCUT2D eigenvalue weighted by atomic mass is 16.3. The Morgan fingerprint density at radius 3 is 2.65 bits per heavy atom. The minimum atomic E-state index is -0.819. The van der Waals surface area contributed by atoms with Gasteiger partial charge < -0.3 is 20.0 Å². The van der Waals surface area contributed by atoms with Crippen LogP contribution in [-0.4, -0.2) is 68.3 Å². The van der Waals surface area contributed by atoms with Crippen molar-refractivity contribution in [2.24, 2.45) is 0 Å². The summed E-state index contributed by atoms with van der Waals surface area (Å²) in [4.78, 5) is 33.9. The number of aryl methyl sites for hydroxylation is 1. The predicted molar refractivity (Wildman–Crippen MR) is 116 cm³/mol. The summed E-state index contributed by atoms with van der Waals surface area (Å²) < 4.78 is 1.69. The van der Waals surface area contributed by atoms with E-state index in [0.29, 0.717) is 35.7 Å². The third-order valence-corrected chi connectivity index (χ3v) is 5.44. The molecule has 8 nitrogen and oxygen atoms in total. The fraction of sp³-hybridized carbons (Fsp3) is 0.261. The number of phenols is 1. The third kappa shape index (κ3) is 3.55. The number of fused-ring (bicyclic) bond motifs is 1. The van der Waals surface area contributed by atoms with E-state index in [1.807, 2.05) is 25.1 Å². The number of hydrogen-bond acceptors (Lipinski definition) is 6. The second-order valence-electron chi connectivity index (χ2n) is 7.87. The Kier molecular flexibility index (Phi) is 5.24. The van der Waals surface area contributed by atoms with Crippen molar-refractivity contribution in [1.82, 2.24) is 19.2 Å². The highest BCUT2D eigenvalue weighted by Gasteiger charge is 2.46. The van der Waals surface area contributed by atoms with Gasteiger partial charge in [-0.3, -0.25) is 14.0 Å². The van der Waals surface area contributed by atoms with Crippen LogP contribution in [0.1, 0.15) is 23.0 Å². The van der Waals surface area contributed by atoms with E-state index < -0.39 is 17.7 Å². The number of phenolic OH excluding ortho intramolecular Hbond substituents is 1. The number of likely N-dealkylation sites (tertiary alicyclic amines) is 1. The summed E-state index contributed by atoms with van der Waals surface area (Å²) in [5, 5.41) is 21.3. The number of aromatic nitrogens is 2. The van der Waals surface area contributed by atoms with Gasteiger partial charge in [0.05, 0.1) is 17.3 Å². The number of amides is 1. The van der Waals surface area contributed by atoms with Crippen molar-refractivity contribution in [3.05, 3.63) is 71.2 Å². The molecule has 3 aromatic rings. The fourth-order valence-electron chi connectivity index (χ4n) is 3.99. The Morgan fingerprint density at radius 1 is 1.16 bits per heavy atom. The topological polar surface area (TPSA) is 98.4 Å². The minimum absolute atomic E-state index is 0.0110. The SMILES string of the molecule is Cc1nc2ccccn2c1/C(O)=C1\C(=O)C(=O)N(CCN(C)C)C1c1cccc(O)c1. The number of rotatable bonds is 5. The summed E-state index contributed by atoms with van der Waals surface area (Å²) in [5.74, 6) is -1.70. The van der Waals surface area contributed by atoms with Crippen molar-refractivity contribution in [2.45, 2.75) is 13.0 Å². The molecule has 1 saturated heterocycles. The van der Waals surface area contributed by atoms with Crippen LogP contribution in [0.25, 0.3) is 11.4 Å². The molecule has 0 spiro atoms. The number of carbonyl (C=O) groups excluding carboxylic acids is 2. The Labute approximate surface area is 179 Å². The number of Topliss-reactive ketones (excluding diaryl/α,β-unsaturated/α-hetero) is 1. The molecule has 1 fully saturated rings. The number of carbonyl (C=O) groups is 2. The van der Waals surface area contributed by atoms with E-state index >= 15 is 0 Å². The number of likely N-dealkylation sites (N-methyl/N-ethyl adjacent to an activating group) is 1. The van der Waals surface area contributed by atoms with Crippen LogP contribution in [0.3, 0.4) is 0 Å². The highest BCUT2D eigenvalue weighted by Crippen LogP contribution is 2.40. The molecule has 0 saturated carbocycles. The molecule has 8 heteroatoms. The average molecular weight is 420 g/mol. The zero-order valence-corrected chi connectivity index (χ0v) is 17.6. The van der Waals surface area contributed by atoms with Gasteiger partial charge in [0, 0.05) is 19.3 Å². The van der Waals surface area contributed by atoms with Crippen LogP contribution in [-0.2, 0) is 9.59 Å². The molecule has 160 valence electrons. The lowest BCUT2D eigenvalue weighted by Gasteiger charge is -2.26. The van der Waals surface area contributed by atoms with Gasteiger partial charge in [0.15, 0.2) is 5.76 Å². The molecule has 3 heterocycles. The first kappa shape index (κ1) is 20.6. The number of benzene rings is 1. The standard InChI is InChI=1S/C23H24N4O4/c1-14-19(26-10-5-4-9-17(26)24-14)21(29)18-20(15-7-6-8-16(28)13-15)27(12-11-25(2)3)23(31)22(18)30/h4-10,13,20,28-29H,11-12H2,1-3H3/b21-18+. The summed E-state index contributed by atoms with van der Waals surface area (Å²) in [6, 6.07) is 11.0. The van der Waals surface area contributed by atoms with Gasteiger partial charge in [-0.1, -0.05) is 18.2 Å². The van der Waals surface area contributed by atoms with Crippen molar-refractivity contribution in [3.63, 3.8) is 0 Å². The fourth-order valence-corrected chi connectivity index (χ4v) is 3.99. The maximum absolute atomic E-state index is 13.1. The molecular weight excluding hydrogens is 396 g/mol. The number of nitrogens with zero attached hydrogens (tertiary/aromatic N) is 4. The maximum atomic E-state index is 13.1. The minimum Gasteiger partial charge on any atom is -0.508 e. The zero-order chi connectivity index (χ0) is 22.3. The van der Waals surface area contributed by atoms with Gasteiger partial charge in [0.25, 0.3) is 11.7 Å². The number of ketones is 1. The first-order chi connectivity index (χ1) is 14.8. The van der Waals surface area contributed by atoms with E-state index in [-0.39, 0.29) is 17.1 Å². The van der Waals surface area contributed by atoms with Gasteiger partial charge in [-0.05, 0) is 50.8 Å². The lowest BCUT2D eigenvalue weighted by Crippen LogP contribution is -2.35. The third-order valence-electron chi connectivity index (χ3n) is 5.44. The predicted octanol–water partition coefficient (Wildman–Crippen LogP) is 2.33. The number of aliphatic hydroxyl groups excluding tert-OH is 1. The van der Waals surface area contributed by atoms with Gasteiger partial charge in [-0.2, -0.15) is 0 Å². The van der Waals surface area contributed by atoms with Gasteiger partial charge in [0.1, 0.15) is 17.1 Å². The normalized spacial score (nSPS) is 18.5. The Bertz CT molecular complexity index is 1210. The molecule has 1 aromatic carbocycles. The number of imidazole rings is 1. The molecular formula is C23H24N4O4. The van der Waals surface area contributed by atoms with E-state index in [0.717, 1.165) is 0 Å². The van der Waals surface area contributed by atoms with Gasteiger partial charge >= 0.3 is 0 Å². The second kappa shape index (κ2) is 7.88. The van der Waals surface area contributed by atoms with Gasteiger partial charge in [0.2, 0.25) is 0 Å². The number of hydrogen-bond donors (Lipinski definition) is 2. The highest BCUT2D eigenvalue weighted by molar-refractivity contribution is 6.46. The summed E-state index contributed by atoms with van der Waals surface area (Å²) in [5.41, 5.74) is 2.07. The first-order valence-corrected chi connectivity index (χ1v) is 9.95. The quantitative estimate of drug-likeness (QED) is 0.374. The lowest BCUT2D eigenvalue weighted by atomic mass is 9.96. The van der Waals surface area contributed by atoms with Gasteiger partial charge in [-0.15, -0.1) is 0 Å². The molecule has 1 atom stereocenters. The van der Waals surface area contributed by atoms with Crippen molar-refractivity contribution >= 4 is 23.1 Å². The molecule has 4 rings (SSSR count). The van der Waals surface area contributed by atoms with E-state index in [1.165, 1.54) is 17.0 Å². The Hall–Kier alpha value is -3.65. The molecule has 2 aromatic heterocycles. The summed E-state index contributed by atoms with van der Waals surface area (Å²) in [6.45, 7) is 2.57. The Balaban J connectivity index is 1.93. The maximum Gasteiger partial charge on any atom is 0.295 e. The van der Waals surface area contributed by atoms with Crippen LogP contribution in [0, 0.1) is 6.92 Å². The van der Waals surface area contributed by atoms with Crippen molar-refractivity contribution in [3.8, 4) is 5.75 Å². The molecule has 1 unspecified atom stereocenters. The van der Waals surface area contributed by atoms with Crippen LogP contribution >= 0.6 is 0 Å². The molecule has 0 bridgehead atoms. The molecule has 0 aliphatic carbocycles. The van der Waals surface area contributed by atoms with Crippen molar-refractivity contribution in [1.29, 1.82) is 0 Å². The summed E-state index contributed by atoms with van der Waals surface area (Å²) in [7, 11) is 3.75. The van der Waals surface area contributed by atoms with Crippen LogP contribution in [0.2, 0.25) is 0 Å². The summed E-state index contributed by atoms with van der Waals surface area (Å²) in [6.07, 6.45) is 1.75. The van der Waals surface area contributed by atoms with E-state index in [2.05, 4.69) is 4.98 Å². The van der Waals surface area contributed by atoms with E-state index in [4.69, 9.17) is 0 Å². The monoisotopic (exact) mass is 420 g/mol. The van der Waals surface area contributed by atoms with Crippen molar-refractivity contribution < 1.29 is 19.8 Å². The number of aliphatic hydroxyl groups is 1. The molecule has 1 aliphatic heterocycles. The molecule has 0 radical (unpaired) electrons. The molecule has 2 N–H and O–H groups in total. The first-order valence-electron chi connectivity index (χ1n) is 9.95. The smallest absolute Gasteiger partial charge is 0.295 e. The molecule has 1 amide bonds. The average Bonchev–Trinajstić information content (AvgIpc) is 3.19. The van der Waals surface area contributed by atoms with E-state index in [1.54, 1.807) is 41.8 Å². The van der Waals surface area contributed by atoms with Crippen LogP contribution in [0.5, 0.6) is 5.75 Å². The lowest BCUT2D eigenvalue weighted by molar-refractivity contribution is -0.140.